The predicted molar refractivity (Wildman–Crippen MR) is 75.8 cm³/mol. The lowest BCUT2D eigenvalue weighted by Crippen LogP contribution is -2.26. The van der Waals surface area contributed by atoms with Crippen molar-refractivity contribution in [3.63, 3.8) is 0 Å². The molecular formula is C16H25NO. The van der Waals surface area contributed by atoms with Crippen molar-refractivity contribution in [2.24, 2.45) is 17.6 Å². The number of nitrogens with two attached hydrogens (primary N) is 1. The second-order valence-electron chi connectivity index (χ2n) is 5.78. The van der Waals surface area contributed by atoms with Crippen molar-refractivity contribution >= 4 is 0 Å². The monoisotopic (exact) mass is 247 g/mol. The van der Waals surface area contributed by atoms with Crippen molar-refractivity contribution < 1.29 is 4.74 Å². The van der Waals surface area contributed by atoms with Crippen LogP contribution in [-0.2, 0) is 0 Å². The molecule has 1 saturated carbocycles. The van der Waals surface area contributed by atoms with E-state index in [1.165, 1.54) is 36.8 Å². The Balaban J connectivity index is 2.15. The Labute approximate surface area is 111 Å². The summed E-state index contributed by atoms with van der Waals surface area (Å²) >= 11 is 0. The van der Waals surface area contributed by atoms with Crippen LogP contribution in [0.15, 0.2) is 18.2 Å². The smallest absolute Gasteiger partial charge is 0.119 e. The highest BCUT2D eigenvalue weighted by Gasteiger charge is 2.26. The Morgan fingerprint density at radius 3 is 2.72 bits per heavy atom. The fourth-order valence-corrected chi connectivity index (χ4v) is 3.21. The SMILES string of the molecule is COc1ccc(C(N)C2CCCC(C)C2)c(C)c1. The Hall–Kier alpha value is -1.02. The zero-order chi connectivity index (χ0) is 13.1. The number of benzene rings is 1. The van der Waals surface area contributed by atoms with Crippen molar-refractivity contribution in [3.05, 3.63) is 29.3 Å². The van der Waals surface area contributed by atoms with Crippen LogP contribution in [-0.4, -0.2) is 7.11 Å². The summed E-state index contributed by atoms with van der Waals surface area (Å²) in [5.74, 6) is 2.38. The molecule has 0 aliphatic heterocycles. The van der Waals surface area contributed by atoms with Gasteiger partial charge in [-0.3, -0.25) is 0 Å². The largest absolute Gasteiger partial charge is 0.497 e. The molecular weight excluding hydrogens is 222 g/mol. The van der Waals surface area contributed by atoms with Gasteiger partial charge in [0.25, 0.3) is 0 Å². The molecule has 1 aliphatic rings. The molecule has 100 valence electrons. The molecule has 0 saturated heterocycles. The Morgan fingerprint density at radius 1 is 1.33 bits per heavy atom. The Bertz CT molecular complexity index is 402. The van der Waals surface area contributed by atoms with Crippen molar-refractivity contribution in [3.8, 4) is 5.75 Å². The van der Waals surface area contributed by atoms with E-state index in [2.05, 4.69) is 26.0 Å². The lowest BCUT2D eigenvalue weighted by molar-refractivity contribution is 0.247. The highest BCUT2D eigenvalue weighted by molar-refractivity contribution is 5.36. The van der Waals surface area contributed by atoms with E-state index in [-0.39, 0.29) is 6.04 Å². The van der Waals surface area contributed by atoms with Crippen molar-refractivity contribution in [2.45, 2.75) is 45.6 Å². The normalized spacial score (nSPS) is 25.8. The Kier molecular flexibility index (Phi) is 4.28. The molecule has 0 radical (unpaired) electrons. The van der Waals surface area contributed by atoms with Gasteiger partial charge >= 0.3 is 0 Å². The molecule has 1 aromatic carbocycles. The molecule has 3 atom stereocenters. The molecule has 3 unspecified atom stereocenters. The summed E-state index contributed by atoms with van der Waals surface area (Å²) in [7, 11) is 1.71. The van der Waals surface area contributed by atoms with Gasteiger partial charge in [0.05, 0.1) is 7.11 Å². The third-order valence-corrected chi connectivity index (χ3v) is 4.32. The lowest BCUT2D eigenvalue weighted by Gasteiger charge is -2.32. The highest BCUT2D eigenvalue weighted by atomic mass is 16.5. The van der Waals surface area contributed by atoms with Crippen molar-refractivity contribution in [1.82, 2.24) is 0 Å². The molecule has 0 amide bonds. The average Bonchev–Trinajstić information content (AvgIpc) is 2.37. The maximum Gasteiger partial charge on any atom is 0.119 e. The van der Waals surface area contributed by atoms with Crippen LogP contribution >= 0.6 is 0 Å². The lowest BCUT2D eigenvalue weighted by atomic mass is 9.76. The fourth-order valence-electron chi connectivity index (χ4n) is 3.21. The van der Waals surface area contributed by atoms with Crippen LogP contribution in [0.2, 0.25) is 0 Å². The first-order valence-corrected chi connectivity index (χ1v) is 7.02. The first-order chi connectivity index (χ1) is 8.61. The van der Waals surface area contributed by atoms with Crippen LogP contribution < -0.4 is 10.5 Å². The quantitative estimate of drug-likeness (QED) is 0.881. The molecule has 0 heterocycles. The summed E-state index contributed by atoms with van der Waals surface area (Å²) in [5, 5.41) is 0. The van der Waals surface area contributed by atoms with E-state index < -0.39 is 0 Å². The van der Waals surface area contributed by atoms with Gasteiger partial charge in [-0.2, -0.15) is 0 Å². The van der Waals surface area contributed by atoms with E-state index >= 15 is 0 Å². The van der Waals surface area contributed by atoms with Crippen LogP contribution in [0.1, 0.15) is 49.8 Å². The molecule has 2 rings (SSSR count). The van der Waals surface area contributed by atoms with Crippen LogP contribution in [0, 0.1) is 18.8 Å². The van der Waals surface area contributed by atoms with E-state index in [0.717, 1.165) is 11.7 Å². The van der Waals surface area contributed by atoms with Crippen LogP contribution in [0.3, 0.4) is 0 Å². The first kappa shape index (κ1) is 13.4. The summed E-state index contributed by atoms with van der Waals surface area (Å²) < 4.78 is 5.25. The van der Waals surface area contributed by atoms with Gasteiger partial charge in [0.15, 0.2) is 0 Å². The van der Waals surface area contributed by atoms with E-state index in [4.69, 9.17) is 10.5 Å². The second kappa shape index (κ2) is 5.75. The molecule has 1 aromatic rings. The third-order valence-electron chi connectivity index (χ3n) is 4.32. The van der Waals surface area contributed by atoms with Gasteiger partial charge in [-0.05, 0) is 54.9 Å². The van der Waals surface area contributed by atoms with Gasteiger partial charge in [0, 0.05) is 6.04 Å². The predicted octanol–water partition coefficient (Wildman–Crippen LogP) is 3.83. The summed E-state index contributed by atoms with van der Waals surface area (Å²) in [6.45, 7) is 4.48. The van der Waals surface area contributed by atoms with Gasteiger partial charge in [0.1, 0.15) is 5.75 Å². The van der Waals surface area contributed by atoms with Crippen LogP contribution in [0.25, 0.3) is 0 Å². The zero-order valence-corrected chi connectivity index (χ0v) is 11.8. The number of methoxy groups -OCH3 is 1. The number of hydrogen-bond donors (Lipinski definition) is 1. The van der Waals surface area contributed by atoms with Gasteiger partial charge in [-0.15, -0.1) is 0 Å². The van der Waals surface area contributed by atoms with E-state index in [1.807, 2.05) is 6.07 Å². The summed E-state index contributed by atoms with van der Waals surface area (Å²) in [6.07, 6.45) is 5.24. The topological polar surface area (TPSA) is 35.2 Å². The van der Waals surface area contributed by atoms with Gasteiger partial charge in [0.2, 0.25) is 0 Å². The molecule has 0 bridgehead atoms. The number of hydrogen-bond acceptors (Lipinski definition) is 2. The fraction of sp³-hybridized carbons (Fsp3) is 0.625. The highest BCUT2D eigenvalue weighted by Crippen LogP contribution is 2.37. The first-order valence-electron chi connectivity index (χ1n) is 7.02. The number of rotatable bonds is 3. The van der Waals surface area contributed by atoms with E-state index in [1.54, 1.807) is 7.11 Å². The van der Waals surface area contributed by atoms with Gasteiger partial charge in [-0.1, -0.05) is 25.8 Å². The van der Waals surface area contributed by atoms with Gasteiger partial charge < -0.3 is 10.5 Å². The van der Waals surface area contributed by atoms with Gasteiger partial charge in [-0.25, -0.2) is 0 Å². The minimum absolute atomic E-state index is 0.179. The average molecular weight is 247 g/mol. The van der Waals surface area contributed by atoms with E-state index in [9.17, 15) is 0 Å². The van der Waals surface area contributed by atoms with Crippen molar-refractivity contribution in [1.29, 1.82) is 0 Å². The van der Waals surface area contributed by atoms with E-state index in [0.29, 0.717) is 5.92 Å². The summed E-state index contributed by atoms with van der Waals surface area (Å²) in [6, 6.07) is 6.42. The molecule has 2 N–H and O–H groups in total. The molecule has 0 aromatic heterocycles. The molecule has 2 nitrogen and oxygen atoms in total. The summed E-state index contributed by atoms with van der Waals surface area (Å²) in [5.41, 5.74) is 9.02. The maximum atomic E-state index is 6.48. The molecule has 2 heteroatoms. The van der Waals surface area contributed by atoms with Crippen molar-refractivity contribution in [2.75, 3.05) is 7.11 Å². The third kappa shape index (κ3) is 2.86. The minimum atomic E-state index is 0.179. The minimum Gasteiger partial charge on any atom is -0.497 e. The second-order valence-corrected chi connectivity index (χ2v) is 5.78. The number of ether oxygens (including phenoxy) is 1. The summed E-state index contributed by atoms with van der Waals surface area (Å²) in [4.78, 5) is 0. The molecule has 0 spiro atoms. The van der Waals surface area contributed by atoms with Crippen LogP contribution in [0.5, 0.6) is 5.75 Å². The zero-order valence-electron chi connectivity index (χ0n) is 11.8. The number of aryl methyl sites for hydroxylation is 1. The molecule has 18 heavy (non-hydrogen) atoms. The standard InChI is InChI=1S/C16H25NO/c1-11-5-4-6-13(9-11)16(17)15-8-7-14(18-3)10-12(15)2/h7-8,10-11,13,16H,4-6,9,17H2,1-3H3. The molecule has 1 aliphatic carbocycles. The maximum absolute atomic E-state index is 6.48. The van der Waals surface area contributed by atoms with Crippen LogP contribution in [0.4, 0.5) is 0 Å². The Morgan fingerprint density at radius 2 is 2.11 bits per heavy atom. The molecule has 1 fully saturated rings.